The highest BCUT2D eigenvalue weighted by molar-refractivity contribution is 5.75. The molecule has 0 aromatic carbocycles. The van der Waals surface area contributed by atoms with Crippen molar-refractivity contribution < 1.29 is 14.7 Å². The van der Waals surface area contributed by atoms with Crippen LogP contribution in [0.1, 0.15) is 59.3 Å². The zero-order valence-electron chi connectivity index (χ0n) is 13.1. The first-order valence-corrected chi connectivity index (χ1v) is 7.67. The van der Waals surface area contributed by atoms with E-state index in [4.69, 9.17) is 5.11 Å². The second-order valence-electron chi connectivity index (χ2n) is 5.56. The third-order valence-corrected chi connectivity index (χ3v) is 3.35. The summed E-state index contributed by atoms with van der Waals surface area (Å²) in [5.41, 5.74) is 0. The molecule has 3 N–H and O–H groups in total. The molecule has 0 saturated carbocycles. The van der Waals surface area contributed by atoms with Crippen LogP contribution in [0.25, 0.3) is 0 Å². The van der Waals surface area contributed by atoms with Gasteiger partial charge in [0.25, 0.3) is 0 Å². The summed E-state index contributed by atoms with van der Waals surface area (Å²) in [6, 6.07) is 0.456. The summed E-state index contributed by atoms with van der Waals surface area (Å²) in [6.45, 7) is 7.74. The van der Waals surface area contributed by atoms with Gasteiger partial charge in [0.05, 0.1) is 0 Å². The van der Waals surface area contributed by atoms with Crippen molar-refractivity contribution in [2.45, 2.75) is 65.3 Å². The molecular weight excluding hydrogens is 256 g/mol. The molecule has 0 fully saturated rings. The minimum atomic E-state index is -0.745. The molecule has 0 aromatic heterocycles. The lowest BCUT2D eigenvalue weighted by Gasteiger charge is -2.14. The molecule has 118 valence electrons. The van der Waals surface area contributed by atoms with E-state index in [1.807, 2.05) is 0 Å². The summed E-state index contributed by atoms with van der Waals surface area (Å²) in [6.07, 6.45) is 4.13. The smallest absolute Gasteiger partial charge is 0.303 e. The zero-order valence-corrected chi connectivity index (χ0v) is 13.1. The second kappa shape index (κ2) is 11.7. The fraction of sp³-hybridized carbons (Fsp3) is 0.867. The Morgan fingerprint density at radius 1 is 1.10 bits per heavy atom. The van der Waals surface area contributed by atoms with Crippen molar-refractivity contribution in [2.24, 2.45) is 5.92 Å². The van der Waals surface area contributed by atoms with Crippen molar-refractivity contribution in [3.8, 4) is 0 Å². The van der Waals surface area contributed by atoms with Gasteiger partial charge >= 0.3 is 5.97 Å². The molecule has 0 bridgehead atoms. The van der Waals surface area contributed by atoms with E-state index in [9.17, 15) is 9.59 Å². The van der Waals surface area contributed by atoms with E-state index < -0.39 is 5.97 Å². The summed E-state index contributed by atoms with van der Waals surface area (Å²) in [7, 11) is 0. The predicted octanol–water partition coefficient (Wildman–Crippen LogP) is 2.16. The Hall–Kier alpha value is -1.10. The predicted molar refractivity (Wildman–Crippen MR) is 80.7 cm³/mol. The number of carbonyl (C=O) groups excluding carboxylic acids is 1. The molecule has 0 aromatic rings. The lowest BCUT2D eigenvalue weighted by atomic mass is 9.96. The highest BCUT2D eigenvalue weighted by Gasteiger charge is 2.09. The van der Waals surface area contributed by atoms with Crippen LogP contribution in [0.5, 0.6) is 0 Å². The summed E-state index contributed by atoms with van der Waals surface area (Å²) >= 11 is 0. The number of carbonyl (C=O) groups is 2. The van der Waals surface area contributed by atoms with E-state index >= 15 is 0 Å². The number of carboxylic acids is 1. The first-order valence-electron chi connectivity index (χ1n) is 7.67. The zero-order chi connectivity index (χ0) is 15.4. The largest absolute Gasteiger partial charge is 0.481 e. The molecular formula is C15H30N2O3. The molecule has 0 aliphatic heterocycles. The summed E-state index contributed by atoms with van der Waals surface area (Å²) in [4.78, 5) is 22.1. The third-order valence-electron chi connectivity index (χ3n) is 3.35. The average molecular weight is 286 g/mol. The molecule has 0 heterocycles. The van der Waals surface area contributed by atoms with E-state index in [0.29, 0.717) is 31.3 Å². The first-order chi connectivity index (χ1) is 9.45. The normalized spacial score (nSPS) is 12.4. The number of rotatable bonds is 12. The molecule has 0 aliphatic carbocycles. The van der Waals surface area contributed by atoms with Gasteiger partial charge in [0, 0.05) is 25.4 Å². The second-order valence-corrected chi connectivity index (χ2v) is 5.56. The van der Waals surface area contributed by atoms with Gasteiger partial charge in [-0.15, -0.1) is 0 Å². The van der Waals surface area contributed by atoms with Gasteiger partial charge in [0.2, 0.25) is 5.91 Å². The Balaban J connectivity index is 3.60. The molecule has 5 heteroatoms. The van der Waals surface area contributed by atoms with Gasteiger partial charge in [-0.05, 0) is 31.7 Å². The maximum atomic E-state index is 11.6. The molecule has 5 nitrogen and oxygen atoms in total. The van der Waals surface area contributed by atoms with Gasteiger partial charge < -0.3 is 15.7 Å². The standard InChI is InChI=1S/C15H30N2O3/c1-4-13(7-8-15(19)20)9-11-17-14(18)6-5-10-16-12(2)3/h12-13,16H,4-11H2,1-3H3,(H,17,18)(H,19,20). The Kier molecular flexibility index (Phi) is 11.1. The first kappa shape index (κ1) is 18.9. The lowest BCUT2D eigenvalue weighted by molar-refractivity contribution is -0.137. The maximum absolute atomic E-state index is 11.6. The fourth-order valence-electron chi connectivity index (χ4n) is 2.02. The minimum Gasteiger partial charge on any atom is -0.481 e. The number of hydrogen-bond donors (Lipinski definition) is 3. The fourth-order valence-corrected chi connectivity index (χ4v) is 2.02. The molecule has 1 amide bonds. The van der Waals surface area contributed by atoms with Crippen molar-refractivity contribution in [3.63, 3.8) is 0 Å². The van der Waals surface area contributed by atoms with Gasteiger partial charge in [-0.3, -0.25) is 9.59 Å². The highest BCUT2D eigenvalue weighted by Crippen LogP contribution is 2.14. The lowest BCUT2D eigenvalue weighted by Crippen LogP contribution is -2.28. The van der Waals surface area contributed by atoms with Crippen LogP contribution in [0, 0.1) is 5.92 Å². The van der Waals surface area contributed by atoms with Crippen LogP contribution in [0.15, 0.2) is 0 Å². The van der Waals surface area contributed by atoms with Gasteiger partial charge in [0.15, 0.2) is 0 Å². The van der Waals surface area contributed by atoms with Gasteiger partial charge in [-0.2, -0.15) is 0 Å². The van der Waals surface area contributed by atoms with Crippen LogP contribution in [-0.4, -0.2) is 36.1 Å². The van der Waals surface area contributed by atoms with Crippen LogP contribution >= 0.6 is 0 Å². The van der Waals surface area contributed by atoms with Crippen molar-refractivity contribution >= 4 is 11.9 Å². The number of amides is 1. The Morgan fingerprint density at radius 2 is 1.80 bits per heavy atom. The molecule has 0 rings (SSSR count). The average Bonchev–Trinajstić information content (AvgIpc) is 2.38. The van der Waals surface area contributed by atoms with E-state index in [-0.39, 0.29) is 12.3 Å². The molecule has 20 heavy (non-hydrogen) atoms. The SMILES string of the molecule is CCC(CCNC(=O)CCCNC(C)C)CCC(=O)O. The summed E-state index contributed by atoms with van der Waals surface area (Å²) < 4.78 is 0. The quantitative estimate of drug-likeness (QED) is 0.480. The van der Waals surface area contributed by atoms with Crippen LogP contribution < -0.4 is 10.6 Å². The maximum Gasteiger partial charge on any atom is 0.303 e. The molecule has 0 saturated heterocycles. The van der Waals surface area contributed by atoms with Crippen LogP contribution in [-0.2, 0) is 9.59 Å². The molecule has 1 unspecified atom stereocenters. The molecule has 0 spiro atoms. The van der Waals surface area contributed by atoms with Crippen molar-refractivity contribution in [2.75, 3.05) is 13.1 Å². The Bertz CT molecular complexity index is 280. The highest BCUT2D eigenvalue weighted by atomic mass is 16.4. The van der Waals surface area contributed by atoms with Crippen LogP contribution in [0.2, 0.25) is 0 Å². The summed E-state index contributed by atoms with van der Waals surface area (Å²) in [5, 5.41) is 14.8. The molecule has 0 radical (unpaired) electrons. The topological polar surface area (TPSA) is 78.4 Å². The van der Waals surface area contributed by atoms with Gasteiger partial charge in [0.1, 0.15) is 0 Å². The number of hydrogen-bond acceptors (Lipinski definition) is 3. The number of nitrogens with one attached hydrogen (secondary N) is 2. The van der Waals surface area contributed by atoms with Crippen LogP contribution in [0.4, 0.5) is 0 Å². The van der Waals surface area contributed by atoms with Gasteiger partial charge in [-0.1, -0.05) is 27.2 Å². The Labute approximate surface area is 122 Å². The Morgan fingerprint density at radius 3 is 2.35 bits per heavy atom. The number of carboxylic acid groups (broad SMARTS) is 1. The molecule has 0 aliphatic rings. The van der Waals surface area contributed by atoms with E-state index in [1.54, 1.807) is 0 Å². The van der Waals surface area contributed by atoms with Crippen molar-refractivity contribution in [1.82, 2.24) is 10.6 Å². The molecule has 1 atom stereocenters. The van der Waals surface area contributed by atoms with Crippen LogP contribution in [0.3, 0.4) is 0 Å². The minimum absolute atomic E-state index is 0.0867. The van der Waals surface area contributed by atoms with E-state index in [1.165, 1.54) is 0 Å². The van der Waals surface area contributed by atoms with Crippen molar-refractivity contribution in [1.29, 1.82) is 0 Å². The van der Waals surface area contributed by atoms with E-state index in [2.05, 4.69) is 31.4 Å². The van der Waals surface area contributed by atoms with Gasteiger partial charge in [-0.25, -0.2) is 0 Å². The summed E-state index contributed by atoms with van der Waals surface area (Å²) in [5.74, 6) is -0.275. The number of aliphatic carboxylic acids is 1. The van der Waals surface area contributed by atoms with E-state index in [0.717, 1.165) is 25.8 Å². The monoisotopic (exact) mass is 286 g/mol. The van der Waals surface area contributed by atoms with Crippen molar-refractivity contribution in [3.05, 3.63) is 0 Å². The third kappa shape index (κ3) is 12.0.